The Balaban J connectivity index is 1.96. The van der Waals surface area contributed by atoms with Crippen LogP contribution in [-0.4, -0.2) is 0 Å². The molecule has 0 heterocycles. The van der Waals surface area contributed by atoms with E-state index >= 15 is 0 Å². The lowest BCUT2D eigenvalue weighted by Gasteiger charge is -2.10. The average molecular weight is 220 g/mol. The second-order valence-electron chi connectivity index (χ2n) is 3.32. The van der Waals surface area contributed by atoms with Gasteiger partial charge >= 0.3 is 0 Å². The highest BCUT2D eigenvalue weighted by Gasteiger charge is 2.01. The maximum absolute atomic E-state index is 6.02. The van der Waals surface area contributed by atoms with Gasteiger partial charge in [0.2, 0.25) is 0 Å². The van der Waals surface area contributed by atoms with Gasteiger partial charge in [0.1, 0.15) is 12.4 Å². The van der Waals surface area contributed by atoms with Crippen molar-refractivity contribution < 1.29 is 4.74 Å². The number of hydrogen-bond acceptors (Lipinski definition) is 1. The normalized spacial score (nSPS) is 14.9. The molecule has 0 amide bonds. The number of ether oxygens (including phenoxy) is 1. The zero-order chi connectivity index (χ0) is 10.5. The summed E-state index contributed by atoms with van der Waals surface area (Å²) in [4.78, 5) is 0. The molecule has 0 atom stereocenters. The van der Waals surface area contributed by atoms with Crippen molar-refractivity contribution in [3.05, 3.63) is 65.3 Å². The zero-order valence-electron chi connectivity index (χ0n) is 8.32. The monoisotopic (exact) mass is 219 g/mol. The van der Waals surface area contributed by atoms with Crippen molar-refractivity contribution in [3.63, 3.8) is 0 Å². The summed E-state index contributed by atoms with van der Waals surface area (Å²) in [7, 11) is 0. The topological polar surface area (TPSA) is 9.23 Å². The summed E-state index contributed by atoms with van der Waals surface area (Å²) in [6, 6.07) is 7.73. The van der Waals surface area contributed by atoms with Crippen molar-refractivity contribution in [1.82, 2.24) is 0 Å². The third-order valence-electron chi connectivity index (χ3n) is 2.20. The molecule has 1 radical (unpaired) electrons. The molecule has 0 spiro atoms. The lowest BCUT2D eigenvalue weighted by Crippen LogP contribution is -1.94. The Morgan fingerprint density at radius 3 is 2.87 bits per heavy atom. The van der Waals surface area contributed by atoms with Gasteiger partial charge in [0.15, 0.2) is 0 Å². The van der Waals surface area contributed by atoms with Crippen molar-refractivity contribution in [2.24, 2.45) is 0 Å². The lowest BCUT2D eigenvalue weighted by molar-refractivity contribution is 0.209. The molecule has 2 rings (SSSR count). The summed E-state index contributed by atoms with van der Waals surface area (Å²) in [5.74, 6) is 0.914. The summed E-state index contributed by atoms with van der Waals surface area (Å²) in [6.45, 7) is 0.524. The molecular weight excluding hydrogens is 208 g/mol. The van der Waals surface area contributed by atoms with E-state index in [4.69, 9.17) is 16.3 Å². The Labute approximate surface area is 95.0 Å². The first-order chi connectivity index (χ1) is 7.36. The molecule has 1 aromatic rings. The van der Waals surface area contributed by atoms with Crippen molar-refractivity contribution in [1.29, 1.82) is 0 Å². The lowest BCUT2D eigenvalue weighted by atomic mass is 10.2. The average Bonchev–Trinajstić information content (AvgIpc) is 2.29. The fraction of sp³-hybridized carbons (Fsp3) is 0.154. The van der Waals surface area contributed by atoms with E-state index in [9.17, 15) is 0 Å². The molecule has 1 nitrogen and oxygen atoms in total. The van der Waals surface area contributed by atoms with Crippen LogP contribution in [0.2, 0.25) is 5.02 Å². The van der Waals surface area contributed by atoms with Crippen LogP contribution in [0.5, 0.6) is 0 Å². The van der Waals surface area contributed by atoms with Gasteiger partial charge in [-0.05, 0) is 31.1 Å². The van der Waals surface area contributed by atoms with Crippen LogP contribution in [0, 0.1) is 6.42 Å². The van der Waals surface area contributed by atoms with Gasteiger partial charge in [0.05, 0.1) is 0 Å². The van der Waals surface area contributed by atoms with Crippen LogP contribution < -0.4 is 0 Å². The van der Waals surface area contributed by atoms with Crippen LogP contribution in [-0.2, 0) is 11.3 Å². The number of benzene rings is 1. The fourth-order valence-electron chi connectivity index (χ4n) is 1.38. The molecule has 2 heteroatoms. The zero-order valence-corrected chi connectivity index (χ0v) is 9.08. The standard InChI is InChI=1S/C13H12ClO/c14-13-9-5-4-6-11(13)10-15-12-7-2-1-3-8-12/h1-2,4-9H,3,10H2. The Bertz CT molecular complexity index is 393. The van der Waals surface area contributed by atoms with Gasteiger partial charge in [0, 0.05) is 10.6 Å². The quantitative estimate of drug-likeness (QED) is 0.749. The fourth-order valence-corrected chi connectivity index (χ4v) is 1.57. The Kier molecular flexibility index (Phi) is 3.46. The highest BCUT2D eigenvalue weighted by molar-refractivity contribution is 6.31. The van der Waals surface area contributed by atoms with E-state index < -0.39 is 0 Å². The summed E-state index contributed by atoms with van der Waals surface area (Å²) in [6.07, 6.45) is 9.04. The predicted molar refractivity (Wildman–Crippen MR) is 62.4 cm³/mol. The second kappa shape index (κ2) is 5.04. The van der Waals surface area contributed by atoms with Gasteiger partial charge in [0.25, 0.3) is 0 Å². The first-order valence-electron chi connectivity index (χ1n) is 4.92. The van der Waals surface area contributed by atoms with Crippen LogP contribution in [0.1, 0.15) is 12.0 Å². The molecule has 0 saturated heterocycles. The molecule has 15 heavy (non-hydrogen) atoms. The molecule has 0 unspecified atom stereocenters. The van der Waals surface area contributed by atoms with Crippen molar-refractivity contribution >= 4 is 11.6 Å². The van der Waals surface area contributed by atoms with Gasteiger partial charge < -0.3 is 4.74 Å². The molecule has 0 saturated carbocycles. The summed E-state index contributed by atoms with van der Waals surface area (Å²) >= 11 is 6.02. The van der Waals surface area contributed by atoms with E-state index in [-0.39, 0.29) is 0 Å². The molecule has 77 valence electrons. The Morgan fingerprint density at radius 1 is 1.27 bits per heavy atom. The summed E-state index contributed by atoms with van der Waals surface area (Å²) < 4.78 is 5.62. The third-order valence-corrected chi connectivity index (χ3v) is 2.57. The molecule has 1 aromatic carbocycles. The first kappa shape index (κ1) is 10.3. The van der Waals surface area contributed by atoms with Gasteiger partial charge in [-0.25, -0.2) is 0 Å². The minimum atomic E-state index is 0.524. The Hall–Kier alpha value is -1.21. The molecule has 1 aliphatic rings. The van der Waals surface area contributed by atoms with E-state index in [1.807, 2.05) is 36.4 Å². The van der Waals surface area contributed by atoms with Crippen molar-refractivity contribution in [2.45, 2.75) is 13.0 Å². The van der Waals surface area contributed by atoms with E-state index in [2.05, 4.69) is 12.5 Å². The first-order valence-corrected chi connectivity index (χ1v) is 5.30. The van der Waals surface area contributed by atoms with Crippen molar-refractivity contribution in [2.75, 3.05) is 0 Å². The number of allylic oxidation sites excluding steroid dienone is 3. The number of rotatable bonds is 3. The van der Waals surface area contributed by atoms with Crippen LogP contribution in [0.15, 0.2) is 48.3 Å². The van der Waals surface area contributed by atoms with E-state index in [1.165, 1.54) is 0 Å². The molecule has 0 fully saturated rings. The Morgan fingerprint density at radius 2 is 2.13 bits per heavy atom. The van der Waals surface area contributed by atoms with Gasteiger partial charge in [-0.15, -0.1) is 0 Å². The van der Waals surface area contributed by atoms with E-state index in [0.29, 0.717) is 6.61 Å². The summed E-state index contributed by atoms with van der Waals surface area (Å²) in [5, 5.41) is 0.754. The molecule has 0 N–H and O–H groups in total. The largest absolute Gasteiger partial charge is 0.489 e. The minimum Gasteiger partial charge on any atom is -0.489 e. The SMILES string of the molecule is Clc1ccccc1COC1=CC[CH]C=C1. The molecular formula is C13H12ClO. The minimum absolute atomic E-state index is 0.524. The molecule has 1 aliphatic carbocycles. The predicted octanol–water partition coefficient (Wildman–Crippen LogP) is 3.90. The van der Waals surface area contributed by atoms with Crippen LogP contribution in [0.4, 0.5) is 0 Å². The highest BCUT2D eigenvalue weighted by atomic mass is 35.5. The van der Waals surface area contributed by atoms with E-state index in [0.717, 1.165) is 22.8 Å². The van der Waals surface area contributed by atoms with Crippen LogP contribution in [0.3, 0.4) is 0 Å². The number of halogens is 1. The highest BCUT2D eigenvalue weighted by Crippen LogP contribution is 2.18. The maximum Gasteiger partial charge on any atom is 0.115 e. The van der Waals surface area contributed by atoms with Gasteiger partial charge in [-0.1, -0.05) is 35.9 Å². The second-order valence-corrected chi connectivity index (χ2v) is 3.72. The van der Waals surface area contributed by atoms with E-state index in [1.54, 1.807) is 0 Å². The van der Waals surface area contributed by atoms with Crippen LogP contribution in [0.25, 0.3) is 0 Å². The molecule has 0 aromatic heterocycles. The number of hydrogen-bond donors (Lipinski definition) is 0. The third kappa shape index (κ3) is 2.87. The van der Waals surface area contributed by atoms with Crippen LogP contribution >= 0.6 is 11.6 Å². The van der Waals surface area contributed by atoms with Crippen molar-refractivity contribution in [3.8, 4) is 0 Å². The summed E-state index contributed by atoms with van der Waals surface area (Å²) in [5.41, 5.74) is 1.02. The van der Waals surface area contributed by atoms with Gasteiger partial charge in [-0.3, -0.25) is 0 Å². The maximum atomic E-state index is 6.02. The molecule has 0 bridgehead atoms. The van der Waals surface area contributed by atoms with Gasteiger partial charge in [-0.2, -0.15) is 0 Å². The molecule has 0 aliphatic heterocycles. The smallest absolute Gasteiger partial charge is 0.115 e.